The van der Waals surface area contributed by atoms with Crippen molar-refractivity contribution in [1.29, 1.82) is 0 Å². The monoisotopic (exact) mass is 269 g/mol. The minimum Gasteiger partial charge on any atom is -0.396 e. The second-order valence-corrected chi connectivity index (χ2v) is 7.03. The summed E-state index contributed by atoms with van der Waals surface area (Å²) in [6, 6.07) is 0.758. The topological polar surface area (TPSA) is 32.7 Å². The molecule has 3 nitrogen and oxygen atoms in total. The normalized spacial score (nSPS) is 24.5. The molecule has 2 fully saturated rings. The Hall–Kier alpha value is -0.120. The number of aliphatic hydroxyl groups is 1. The maximum absolute atomic E-state index is 9.89. The number of ether oxygens (including phenoxy) is 1. The third-order valence-corrected chi connectivity index (χ3v) is 4.87. The average molecular weight is 269 g/mol. The molecule has 0 unspecified atom stereocenters. The van der Waals surface area contributed by atoms with Gasteiger partial charge in [-0.2, -0.15) is 0 Å². The Morgan fingerprint density at radius 1 is 1.21 bits per heavy atom. The second kappa shape index (κ2) is 7.05. The average Bonchev–Trinajstić information content (AvgIpc) is 2.92. The van der Waals surface area contributed by atoms with E-state index in [0.29, 0.717) is 12.5 Å². The van der Waals surface area contributed by atoms with Gasteiger partial charge in [-0.3, -0.25) is 4.90 Å². The molecule has 1 N–H and O–H groups in total. The van der Waals surface area contributed by atoms with Gasteiger partial charge in [0.05, 0.1) is 6.61 Å². The molecule has 0 atom stereocenters. The van der Waals surface area contributed by atoms with Crippen molar-refractivity contribution < 1.29 is 9.84 Å². The zero-order valence-electron chi connectivity index (χ0n) is 12.7. The Morgan fingerprint density at radius 3 is 2.37 bits per heavy atom. The Labute approximate surface area is 118 Å². The molecule has 1 saturated carbocycles. The summed E-state index contributed by atoms with van der Waals surface area (Å²) in [5.74, 6) is 0.705. The first-order valence-corrected chi connectivity index (χ1v) is 8.08. The van der Waals surface area contributed by atoms with Crippen molar-refractivity contribution in [2.75, 3.05) is 32.9 Å². The van der Waals surface area contributed by atoms with Gasteiger partial charge >= 0.3 is 0 Å². The number of nitrogens with zero attached hydrogens (tertiary/aromatic N) is 1. The molecule has 0 aromatic rings. The van der Waals surface area contributed by atoms with E-state index in [-0.39, 0.29) is 5.41 Å². The number of rotatable bonds is 6. The molecule has 2 aliphatic rings. The third kappa shape index (κ3) is 4.17. The Bertz CT molecular complexity index is 255. The van der Waals surface area contributed by atoms with Crippen LogP contribution in [0.15, 0.2) is 0 Å². The molecule has 1 heterocycles. The molecular formula is C16H31NO2. The first kappa shape index (κ1) is 15.3. The van der Waals surface area contributed by atoms with E-state index in [9.17, 15) is 5.11 Å². The van der Waals surface area contributed by atoms with Crippen LogP contribution in [-0.2, 0) is 4.74 Å². The molecule has 112 valence electrons. The van der Waals surface area contributed by atoms with Gasteiger partial charge < -0.3 is 9.84 Å². The summed E-state index contributed by atoms with van der Waals surface area (Å²) < 4.78 is 5.49. The van der Waals surface area contributed by atoms with Crippen LogP contribution >= 0.6 is 0 Å². The van der Waals surface area contributed by atoms with Gasteiger partial charge in [0.1, 0.15) is 0 Å². The molecule has 3 heteroatoms. The van der Waals surface area contributed by atoms with E-state index in [1.54, 1.807) is 0 Å². The lowest BCUT2D eigenvalue weighted by Gasteiger charge is -2.42. The van der Waals surface area contributed by atoms with E-state index in [0.717, 1.165) is 38.6 Å². The quantitative estimate of drug-likeness (QED) is 0.804. The standard InChI is InChI=1S/C16H31NO2/c1-14(2)11-17(15-5-3-4-6-15)12-16(13-18)7-9-19-10-8-16/h14-15,18H,3-13H2,1-2H3. The van der Waals surface area contributed by atoms with Gasteiger partial charge in [-0.15, -0.1) is 0 Å². The number of hydrogen-bond donors (Lipinski definition) is 1. The predicted octanol–water partition coefficient (Wildman–Crippen LogP) is 2.68. The lowest BCUT2D eigenvalue weighted by atomic mass is 9.80. The molecule has 0 aromatic carbocycles. The zero-order valence-corrected chi connectivity index (χ0v) is 12.7. The summed E-state index contributed by atoms with van der Waals surface area (Å²) in [5.41, 5.74) is 0.0930. The van der Waals surface area contributed by atoms with Crippen molar-refractivity contribution in [3.63, 3.8) is 0 Å². The molecule has 0 amide bonds. The first-order chi connectivity index (χ1) is 9.15. The van der Waals surface area contributed by atoms with Crippen molar-refractivity contribution >= 4 is 0 Å². The second-order valence-electron chi connectivity index (χ2n) is 7.03. The van der Waals surface area contributed by atoms with Crippen LogP contribution in [0.3, 0.4) is 0 Å². The Balaban J connectivity index is 2.00. The lowest BCUT2D eigenvalue weighted by Crippen LogP contribution is -2.48. The van der Waals surface area contributed by atoms with Gasteiger partial charge in [0.25, 0.3) is 0 Å². The molecule has 19 heavy (non-hydrogen) atoms. The zero-order chi connectivity index (χ0) is 13.7. The van der Waals surface area contributed by atoms with Crippen LogP contribution in [0.25, 0.3) is 0 Å². The van der Waals surface area contributed by atoms with Gasteiger partial charge in [-0.05, 0) is 31.6 Å². The summed E-state index contributed by atoms with van der Waals surface area (Å²) in [6.45, 7) is 8.80. The van der Waals surface area contributed by atoms with Crippen LogP contribution in [0.2, 0.25) is 0 Å². The van der Waals surface area contributed by atoms with Crippen molar-refractivity contribution in [2.24, 2.45) is 11.3 Å². The molecule has 2 rings (SSSR count). The molecule has 0 bridgehead atoms. The van der Waals surface area contributed by atoms with E-state index in [1.807, 2.05) is 0 Å². The highest BCUT2D eigenvalue weighted by Crippen LogP contribution is 2.34. The Morgan fingerprint density at radius 2 is 1.84 bits per heavy atom. The van der Waals surface area contributed by atoms with Crippen LogP contribution in [-0.4, -0.2) is 49.0 Å². The van der Waals surface area contributed by atoms with Crippen molar-refractivity contribution in [1.82, 2.24) is 4.90 Å². The van der Waals surface area contributed by atoms with Crippen LogP contribution in [0.1, 0.15) is 52.4 Å². The van der Waals surface area contributed by atoms with E-state index in [2.05, 4.69) is 18.7 Å². The van der Waals surface area contributed by atoms with E-state index in [1.165, 1.54) is 32.2 Å². The highest BCUT2D eigenvalue weighted by molar-refractivity contribution is 4.88. The molecule has 1 saturated heterocycles. The highest BCUT2D eigenvalue weighted by atomic mass is 16.5. The highest BCUT2D eigenvalue weighted by Gasteiger charge is 2.36. The summed E-state index contributed by atoms with van der Waals surface area (Å²) in [5, 5.41) is 9.89. The fourth-order valence-corrected chi connectivity index (χ4v) is 3.68. The van der Waals surface area contributed by atoms with E-state index < -0.39 is 0 Å². The van der Waals surface area contributed by atoms with Crippen LogP contribution in [0.5, 0.6) is 0 Å². The number of aliphatic hydroxyl groups excluding tert-OH is 1. The largest absolute Gasteiger partial charge is 0.396 e. The van der Waals surface area contributed by atoms with Crippen molar-refractivity contribution in [2.45, 2.75) is 58.4 Å². The van der Waals surface area contributed by atoms with Gasteiger partial charge in [-0.25, -0.2) is 0 Å². The van der Waals surface area contributed by atoms with Gasteiger partial charge in [0, 0.05) is 37.8 Å². The van der Waals surface area contributed by atoms with Gasteiger partial charge in [-0.1, -0.05) is 26.7 Å². The van der Waals surface area contributed by atoms with E-state index in [4.69, 9.17) is 4.74 Å². The van der Waals surface area contributed by atoms with Crippen molar-refractivity contribution in [3.8, 4) is 0 Å². The smallest absolute Gasteiger partial charge is 0.0501 e. The molecule has 0 spiro atoms. The first-order valence-electron chi connectivity index (χ1n) is 8.08. The lowest BCUT2D eigenvalue weighted by molar-refractivity contribution is -0.0422. The summed E-state index contributed by atoms with van der Waals surface area (Å²) in [4.78, 5) is 2.68. The van der Waals surface area contributed by atoms with Gasteiger partial charge in [0.2, 0.25) is 0 Å². The molecule has 1 aliphatic carbocycles. The molecular weight excluding hydrogens is 238 g/mol. The fraction of sp³-hybridized carbons (Fsp3) is 1.00. The SMILES string of the molecule is CC(C)CN(CC1(CO)CCOCC1)C1CCCC1. The molecule has 1 aliphatic heterocycles. The minimum atomic E-state index is 0.0930. The van der Waals surface area contributed by atoms with E-state index >= 15 is 0 Å². The maximum atomic E-state index is 9.89. The maximum Gasteiger partial charge on any atom is 0.0501 e. The summed E-state index contributed by atoms with van der Waals surface area (Å²) in [7, 11) is 0. The summed E-state index contributed by atoms with van der Waals surface area (Å²) >= 11 is 0. The predicted molar refractivity (Wildman–Crippen MR) is 78.2 cm³/mol. The van der Waals surface area contributed by atoms with Crippen LogP contribution in [0.4, 0.5) is 0 Å². The number of hydrogen-bond acceptors (Lipinski definition) is 3. The summed E-state index contributed by atoms with van der Waals surface area (Å²) in [6.07, 6.45) is 7.51. The fourth-order valence-electron chi connectivity index (χ4n) is 3.68. The minimum absolute atomic E-state index is 0.0930. The third-order valence-electron chi connectivity index (χ3n) is 4.87. The van der Waals surface area contributed by atoms with Crippen molar-refractivity contribution in [3.05, 3.63) is 0 Å². The molecule has 0 aromatic heterocycles. The van der Waals surface area contributed by atoms with Crippen LogP contribution in [0, 0.1) is 11.3 Å². The molecule has 0 radical (unpaired) electrons. The Kier molecular flexibility index (Phi) is 5.67. The van der Waals surface area contributed by atoms with Gasteiger partial charge in [0.15, 0.2) is 0 Å². The van der Waals surface area contributed by atoms with Crippen LogP contribution < -0.4 is 0 Å².